The summed E-state index contributed by atoms with van der Waals surface area (Å²) in [6.45, 7) is 0. The van der Waals surface area contributed by atoms with E-state index in [2.05, 4.69) is 140 Å². The van der Waals surface area contributed by atoms with E-state index in [1.807, 2.05) is 48.5 Å². The van der Waals surface area contributed by atoms with Crippen molar-refractivity contribution in [2.24, 2.45) is 0 Å². The number of rotatable bonds is 7. The second-order valence-corrected chi connectivity index (χ2v) is 11.7. The quantitative estimate of drug-likeness (QED) is 0.179. The van der Waals surface area contributed by atoms with Crippen molar-refractivity contribution in [3.05, 3.63) is 188 Å². The van der Waals surface area contributed by atoms with Crippen molar-refractivity contribution in [2.45, 2.75) is 0 Å². The summed E-state index contributed by atoms with van der Waals surface area (Å²) in [4.78, 5) is 15.0. The van der Waals surface area contributed by atoms with Crippen molar-refractivity contribution in [3.8, 4) is 78.7 Å². The highest BCUT2D eigenvalue weighted by atomic mass is 14.9. The molecule has 0 bridgehead atoms. The van der Waals surface area contributed by atoms with Crippen LogP contribution in [0.15, 0.2) is 188 Å². The van der Waals surface area contributed by atoms with Gasteiger partial charge in [-0.15, -0.1) is 0 Å². The zero-order chi connectivity index (χ0) is 32.1. The normalized spacial score (nSPS) is 10.9. The molecule has 0 fully saturated rings. The van der Waals surface area contributed by atoms with E-state index < -0.39 is 0 Å². The molecule has 0 saturated heterocycles. The topological polar surface area (TPSA) is 38.7 Å². The number of hydrogen-bond acceptors (Lipinski definition) is 3. The van der Waals surface area contributed by atoms with Crippen LogP contribution in [0.2, 0.25) is 0 Å². The van der Waals surface area contributed by atoms with Crippen molar-refractivity contribution in [3.63, 3.8) is 0 Å². The number of pyridine rings is 1. The SMILES string of the molecule is c1ccc(-c2cc(-c3cccc(-c4ccc(-c5cc(-c6ccccc6)nc(-c6ccccc6)n5)cc4)c3)cc(-c3ccccc3)n2)cc1. The van der Waals surface area contributed by atoms with Crippen molar-refractivity contribution in [1.82, 2.24) is 15.0 Å². The van der Waals surface area contributed by atoms with Gasteiger partial charge >= 0.3 is 0 Å². The molecule has 2 aromatic heterocycles. The van der Waals surface area contributed by atoms with Crippen LogP contribution < -0.4 is 0 Å². The van der Waals surface area contributed by atoms with Crippen LogP contribution in [0.25, 0.3) is 78.7 Å². The molecule has 0 aliphatic carbocycles. The fourth-order valence-corrected chi connectivity index (χ4v) is 5.99. The van der Waals surface area contributed by atoms with Gasteiger partial charge in [0.1, 0.15) is 0 Å². The summed E-state index contributed by atoms with van der Waals surface area (Å²) in [7, 11) is 0. The third-order valence-electron chi connectivity index (χ3n) is 8.50. The first-order valence-corrected chi connectivity index (χ1v) is 16.1. The van der Waals surface area contributed by atoms with Crippen LogP contribution in [0.1, 0.15) is 0 Å². The van der Waals surface area contributed by atoms with Gasteiger partial charge in [0.05, 0.1) is 22.8 Å². The van der Waals surface area contributed by atoms with Gasteiger partial charge in [0.2, 0.25) is 0 Å². The molecule has 0 unspecified atom stereocenters. The summed E-state index contributed by atoms with van der Waals surface area (Å²) in [5.41, 5.74) is 13.6. The molecule has 0 saturated carbocycles. The molecule has 0 N–H and O–H groups in total. The molecule has 0 spiro atoms. The minimum absolute atomic E-state index is 0.714. The molecule has 3 heteroatoms. The van der Waals surface area contributed by atoms with Crippen LogP contribution >= 0.6 is 0 Å². The average Bonchev–Trinajstić information content (AvgIpc) is 3.19. The summed E-state index contributed by atoms with van der Waals surface area (Å²) in [6, 6.07) is 65.1. The largest absolute Gasteiger partial charge is 0.248 e. The van der Waals surface area contributed by atoms with E-state index in [1.165, 1.54) is 0 Å². The molecular weight excluding hydrogens is 583 g/mol. The van der Waals surface area contributed by atoms with Crippen molar-refractivity contribution < 1.29 is 0 Å². The number of aromatic nitrogens is 3. The molecule has 0 aliphatic heterocycles. The number of hydrogen-bond donors (Lipinski definition) is 0. The van der Waals surface area contributed by atoms with E-state index in [0.29, 0.717) is 5.82 Å². The molecule has 2 heterocycles. The summed E-state index contributed by atoms with van der Waals surface area (Å²) < 4.78 is 0. The molecule has 8 rings (SSSR count). The highest BCUT2D eigenvalue weighted by Crippen LogP contribution is 2.34. The Labute approximate surface area is 280 Å². The predicted octanol–water partition coefficient (Wildman–Crippen LogP) is 11.5. The lowest BCUT2D eigenvalue weighted by molar-refractivity contribution is 1.18. The summed E-state index contributed by atoms with van der Waals surface area (Å²) in [5.74, 6) is 0.714. The van der Waals surface area contributed by atoms with Gasteiger partial charge in [0.15, 0.2) is 5.82 Å². The van der Waals surface area contributed by atoms with E-state index >= 15 is 0 Å². The zero-order valence-corrected chi connectivity index (χ0v) is 26.2. The van der Waals surface area contributed by atoms with Gasteiger partial charge in [-0.25, -0.2) is 15.0 Å². The molecule has 0 aliphatic rings. The van der Waals surface area contributed by atoms with Gasteiger partial charge in [-0.1, -0.05) is 164 Å². The third-order valence-corrected chi connectivity index (χ3v) is 8.50. The molecule has 3 nitrogen and oxygen atoms in total. The van der Waals surface area contributed by atoms with E-state index in [-0.39, 0.29) is 0 Å². The van der Waals surface area contributed by atoms with Crippen LogP contribution in [0.4, 0.5) is 0 Å². The van der Waals surface area contributed by atoms with Crippen LogP contribution in [0.3, 0.4) is 0 Å². The standard InChI is InChI=1S/C45H31N3/c1-5-14-33(15-6-1)41-29-40(30-42(46-41)34-16-7-2-8-17-34)39-23-13-22-38(28-39)32-24-26-36(27-25-32)44-31-43(35-18-9-3-10-19-35)47-45(48-44)37-20-11-4-12-21-37/h1-31H. The van der Waals surface area contributed by atoms with Crippen LogP contribution in [-0.4, -0.2) is 15.0 Å². The van der Waals surface area contributed by atoms with Gasteiger partial charge in [0, 0.05) is 27.8 Å². The average molecular weight is 614 g/mol. The maximum Gasteiger partial charge on any atom is 0.160 e. The van der Waals surface area contributed by atoms with Gasteiger partial charge in [-0.3, -0.25) is 0 Å². The maximum atomic E-state index is 5.06. The Bertz CT molecular complexity index is 2180. The molecule has 48 heavy (non-hydrogen) atoms. The minimum Gasteiger partial charge on any atom is -0.248 e. The smallest absolute Gasteiger partial charge is 0.160 e. The fraction of sp³-hybridized carbons (Fsp3) is 0. The van der Waals surface area contributed by atoms with Crippen LogP contribution in [-0.2, 0) is 0 Å². The van der Waals surface area contributed by atoms with E-state index in [0.717, 1.165) is 72.8 Å². The zero-order valence-electron chi connectivity index (χ0n) is 26.2. The second kappa shape index (κ2) is 13.1. The van der Waals surface area contributed by atoms with Gasteiger partial charge in [-0.05, 0) is 46.5 Å². The molecule has 226 valence electrons. The predicted molar refractivity (Wildman–Crippen MR) is 198 cm³/mol. The lowest BCUT2D eigenvalue weighted by Crippen LogP contribution is -1.95. The monoisotopic (exact) mass is 613 g/mol. The lowest BCUT2D eigenvalue weighted by atomic mass is 9.96. The first-order valence-electron chi connectivity index (χ1n) is 16.1. The van der Waals surface area contributed by atoms with Gasteiger partial charge in [0.25, 0.3) is 0 Å². The van der Waals surface area contributed by atoms with Crippen LogP contribution in [0, 0.1) is 0 Å². The summed E-state index contributed by atoms with van der Waals surface area (Å²) >= 11 is 0. The molecular formula is C45H31N3. The maximum absolute atomic E-state index is 5.06. The first kappa shape index (κ1) is 29.0. The summed E-state index contributed by atoms with van der Waals surface area (Å²) in [5, 5.41) is 0. The Morgan fingerprint density at radius 3 is 1.04 bits per heavy atom. The Kier molecular flexibility index (Phi) is 7.92. The van der Waals surface area contributed by atoms with Crippen molar-refractivity contribution >= 4 is 0 Å². The van der Waals surface area contributed by atoms with Crippen LogP contribution in [0.5, 0.6) is 0 Å². The Morgan fingerprint density at radius 2 is 0.562 bits per heavy atom. The second-order valence-electron chi connectivity index (χ2n) is 11.7. The third kappa shape index (κ3) is 6.18. The Morgan fingerprint density at radius 1 is 0.208 bits per heavy atom. The minimum atomic E-state index is 0.714. The molecule has 6 aromatic carbocycles. The van der Waals surface area contributed by atoms with Crippen molar-refractivity contribution in [1.29, 1.82) is 0 Å². The lowest BCUT2D eigenvalue weighted by Gasteiger charge is -2.12. The fourth-order valence-electron chi connectivity index (χ4n) is 5.99. The number of benzene rings is 6. The number of nitrogens with zero attached hydrogens (tertiary/aromatic N) is 3. The first-order chi connectivity index (χ1) is 23.8. The molecule has 0 amide bonds. The summed E-state index contributed by atoms with van der Waals surface area (Å²) in [6.07, 6.45) is 0. The molecule has 0 radical (unpaired) electrons. The Balaban J connectivity index is 1.16. The molecule has 0 atom stereocenters. The Hall–Kier alpha value is -6.45. The van der Waals surface area contributed by atoms with Crippen molar-refractivity contribution in [2.75, 3.05) is 0 Å². The van der Waals surface area contributed by atoms with E-state index in [9.17, 15) is 0 Å². The molecule has 8 aromatic rings. The van der Waals surface area contributed by atoms with E-state index in [4.69, 9.17) is 15.0 Å². The van der Waals surface area contributed by atoms with E-state index in [1.54, 1.807) is 0 Å². The highest BCUT2D eigenvalue weighted by molar-refractivity contribution is 5.80. The highest BCUT2D eigenvalue weighted by Gasteiger charge is 2.12. The van der Waals surface area contributed by atoms with Gasteiger partial charge < -0.3 is 0 Å². The van der Waals surface area contributed by atoms with Gasteiger partial charge in [-0.2, -0.15) is 0 Å².